The van der Waals surface area contributed by atoms with Crippen LogP contribution in [-0.4, -0.2) is 21.7 Å². The summed E-state index contributed by atoms with van der Waals surface area (Å²) in [5.41, 5.74) is 7.34. The van der Waals surface area contributed by atoms with Gasteiger partial charge in [-0.25, -0.2) is 0 Å². The number of amides is 1. The first-order chi connectivity index (χ1) is 9.02. The maximum absolute atomic E-state index is 12.1. The molecule has 0 spiro atoms. The number of hydrogen-bond acceptors (Lipinski definition) is 3. The number of nitrogens with one attached hydrogen (secondary N) is 1. The summed E-state index contributed by atoms with van der Waals surface area (Å²) in [4.78, 5) is 12.1. The molecule has 1 aromatic carbocycles. The number of nitrogens with two attached hydrogens (primary N) is 1. The minimum Gasteiger partial charge on any atom is -0.399 e. The lowest BCUT2D eigenvalue weighted by Crippen LogP contribution is -2.37. The first kappa shape index (κ1) is 13.4. The Morgan fingerprint density at radius 3 is 2.89 bits per heavy atom. The quantitative estimate of drug-likeness (QED) is 0.827. The van der Waals surface area contributed by atoms with E-state index in [2.05, 4.69) is 10.4 Å². The summed E-state index contributed by atoms with van der Waals surface area (Å²) >= 11 is 0. The molecular formula is C14H20N4O. The standard InChI is InChI=1S/C14H20N4O/c1-4-9(2)17-14(19)10(3)18-13-7-12(15)6-5-11(13)8-16-18/h5-10H,4,15H2,1-3H3,(H,17,19). The van der Waals surface area contributed by atoms with E-state index in [0.717, 1.165) is 17.3 Å². The molecule has 0 radical (unpaired) electrons. The Balaban J connectivity index is 2.28. The van der Waals surface area contributed by atoms with Gasteiger partial charge in [-0.15, -0.1) is 0 Å². The highest BCUT2D eigenvalue weighted by molar-refractivity contribution is 5.86. The lowest BCUT2D eigenvalue weighted by atomic mass is 10.2. The average Bonchev–Trinajstić information content (AvgIpc) is 2.80. The van der Waals surface area contributed by atoms with Crippen molar-refractivity contribution in [1.29, 1.82) is 0 Å². The second-order valence-electron chi connectivity index (χ2n) is 4.90. The molecule has 0 aliphatic carbocycles. The molecule has 0 saturated heterocycles. The molecular weight excluding hydrogens is 240 g/mol. The third-order valence-corrected chi connectivity index (χ3v) is 3.37. The highest BCUT2D eigenvalue weighted by atomic mass is 16.2. The molecule has 1 heterocycles. The highest BCUT2D eigenvalue weighted by Gasteiger charge is 2.18. The van der Waals surface area contributed by atoms with E-state index in [4.69, 9.17) is 5.73 Å². The second kappa shape index (κ2) is 5.30. The van der Waals surface area contributed by atoms with E-state index >= 15 is 0 Å². The number of nitrogens with zero attached hydrogens (tertiary/aromatic N) is 2. The summed E-state index contributed by atoms with van der Waals surface area (Å²) in [6, 6.07) is 5.40. The van der Waals surface area contributed by atoms with Crippen LogP contribution in [-0.2, 0) is 4.79 Å². The van der Waals surface area contributed by atoms with Gasteiger partial charge in [-0.1, -0.05) is 6.92 Å². The van der Waals surface area contributed by atoms with E-state index in [1.165, 1.54) is 0 Å². The van der Waals surface area contributed by atoms with E-state index in [1.807, 2.05) is 39.0 Å². The number of anilines is 1. The lowest BCUT2D eigenvalue weighted by Gasteiger charge is -2.17. The first-order valence-corrected chi connectivity index (χ1v) is 6.56. The van der Waals surface area contributed by atoms with Crippen LogP contribution in [0.2, 0.25) is 0 Å². The second-order valence-corrected chi connectivity index (χ2v) is 4.90. The van der Waals surface area contributed by atoms with Crippen molar-refractivity contribution in [2.45, 2.75) is 39.3 Å². The molecule has 3 N–H and O–H groups in total. The molecule has 0 bridgehead atoms. The number of benzene rings is 1. The molecule has 2 rings (SSSR count). The van der Waals surface area contributed by atoms with Crippen molar-refractivity contribution >= 4 is 22.5 Å². The Hall–Kier alpha value is -2.04. The largest absolute Gasteiger partial charge is 0.399 e. The number of nitrogen functional groups attached to an aromatic ring is 1. The molecule has 5 nitrogen and oxygen atoms in total. The molecule has 1 amide bonds. The highest BCUT2D eigenvalue weighted by Crippen LogP contribution is 2.20. The van der Waals surface area contributed by atoms with Crippen molar-refractivity contribution in [3.63, 3.8) is 0 Å². The van der Waals surface area contributed by atoms with Crippen molar-refractivity contribution in [3.05, 3.63) is 24.4 Å². The van der Waals surface area contributed by atoms with Crippen LogP contribution in [0.4, 0.5) is 5.69 Å². The van der Waals surface area contributed by atoms with Crippen molar-refractivity contribution in [2.75, 3.05) is 5.73 Å². The van der Waals surface area contributed by atoms with Gasteiger partial charge in [0.15, 0.2) is 0 Å². The maximum atomic E-state index is 12.1. The van der Waals surface area contributed by atoms with Crippen LogP contribution < -0.4 is 11.1 Å². The van der Waals surface area contributed by atoms with Crippen molar-refractivity contribution < 1.29 is 4.79 Å². The van der Waals surface area contributed by atoms with Gasteiger partial charge >= 0.3 is 0 Å². The molecule has 0 aliphatic heterocycles. The normalized spacial score (nSPS) is 14.3. The van der Waals surface area contributed by atoms with Crippen LogP contribution in [0.1, 0.15) is 33.2 Å². The third-order valence-electron chi connectivity index (χ3n) is 3.37. The Labute approximate surface area is 112 Å². The number of rotatable bonds is 4. The molecule has 1 aromatic heterocycles. The molecule has 2 atom stereocenters. The topological polar surface area (TPSA) is 72.9 Å². The zero-order valence-electron chi connectivity index (χ0n) is 11.6. The molecule has 2 aromatic rings. The summed E-state index contributed by atoms with van der Waals surface area (Å²) in [5, 5.41) is 8.24. The predicted molar refractivity (Wildman–Crippen MR) is 76.8 cm³/mol. The number of carbonyl (C=O) groups is 1. The van der Waals surface area contributed by atoms with Crippen molar-refractivity contribution in [3.8, 4) is 0 Å². The molecule has 2 unspecified atom stereocenters. The van der Waals surface area contributed by atoms with Gasteiger partial charge in [0.05, 0.1) is 11.7 Å². The minimum absolute atomic E-state index is 0.0261. The van der Waals surface area contributed by atoms with Crippen molar-refractivity contribution in [2.24, 2.45) is 0 Å². The van der Waals surface area contributed by atoms with Gasteiger partial charge in [-0.3, -0.25) is 9.48 Å². The number of fused-ring (bicyclic) bond motifs is 1. The zero-order chi connectivity index (χ0) is 14.0. The summed E-state index contributed by atoms with van der Waals surface area (Å²) < 4.78 is 1.71. The summed E-state index contributed by atoms with van der Waals surface area (Å²) in [6.45, 7) is 5.87. The fourth-order valence-electron chi connectivity index (χ4n) is 1.94. The Morgan fingerprint density at radius 1 is 1.47 bits per heavy atom. The molecule has 0 aliphatic rings. The van der Waals surface area contributed by atoms with Crippen LogP contribution in [0.3, 0.4) is 0 Å². The Kier molecular flexibility index (Phi) is 3.74. The van der Waals surface area contributed by atoms with Gasteiger partial charge in [0.25, 0.3) is 0 Å². The average molecular weight is 260 g/mol. The molecule has 5 heteroatoms. The van der Waals surface area contributed by atoms with Gasteiger partial charge in [-0.2, -0.15) is 5.10 Å². The Morgan fingerprint density at radius 2 is 2.21 bits per heavy atom. The smallest absolute Gasteiger partial charge is 0.244 e. The minimum atomic E-state index is -0.353. The van der Waals surface area contributed by atoms with E-state index in [0.29, 0.717) is 5.69 Å². The molecule has 19 heavy (non-hydrogen) atoms. The molecule has 102 valence electrons. The maximum Gasteiger partial charge on any atom is 0.244 e. The van der Waals surface area contributed by atoms with Gasteiger partial charge in [-0.05, 0) is 38.5 Å². The van der Waals surface area contributed by atoms with Gasteiger partial charge < -0.3 is 11.1 Å². The van der Waals surface area contributed by atoms with E-state index in [1.54, 1.807) is 10.9 Å². The predicted octanol–water partition coefficient (Wildman–Crippen LogP) is 2.09. The Bertz CT molecular complexity index is 590. The summed E-state index contributed by atoms with van der Waals surface area (Å²) in [6.07, 6.45) is 2.66. The zero-order valence-corrected chi connectivity index (χ0v) is 11.6. The molecule has 0 saturated carbocycles. The third kappa shape index (κ3) is 2.70. The molecule has 0 fully saturated rings. The van der Waals surface area contributed by atoms with E-state index < -0.39 is 0 Å². The fourth-order valence-corrected chi connectivity index (χ4v) is 1.94. The summed E-state index contributed by atoms with van der Waals surface area (Å²) in [5.74, 6) is -0.0261. The SMILES string of the molecule is CCC(C)NC(=O)C(C)n1ncc2ccc(N)cc21. The fraction of sp³-hybridized carbons (Fsp3) is 0.429. The van der Waals surface area contributed by atoms with Crippen LogP contribution >= 0.6 is 0 Å². The van der Waals surface area contributed by atoms with Crippen LogP contribution in [0.5, 0.6) is 0 Å². The number of hydrogen-bond donors (Lipinski definition) is 2. The van der Waals surface area contributed by atoms with Crippen LogP contribution in [0.15, 0.2) is 24.4 Å². The monoisotopic (exact) mass is 260 g/mol. The lowest BCUT2D eigenvalue weighted by molar-refractivity contribution is -0.124. The van der Waals surface area contributed by atoms with Gasteiger partial charge in [0.1, 0.15) is 6.04 Å². The van der Waals surface area contributed by atoms with E-state index in [-0.39, 0.29) is 18.0 Å². The van der Waals surface area contributed by atoms with Gasteiger partial charge in [0, 0.05) is 17.1 Å². The van der Waals surface area contributed by atoms with E-state index in [9.17, 15) is 4.79 Å². The first-order valence-electron chi connectivity index (χ1n) is 6.56. The van der Waals surface area contributed by atoms with Gasteiger partial charge in [0.2, 0.25) is 5.91 Å². The van der Waals surface area contributed by atoms with Crippen molar-refractivity contribution in [1.82, 2.24) is 15.1 Å². The summed E-state index contributed by atoms with van der Waals surface area (Å²) in [7, 11) is 0. The van der Waals surface area contributed by atoms with Crippen LogP contribution in [0.25, 0.3) is 10.9 Å². The number of aromatic nitrogens is 2. The van der Waals surface area contributed by atoms with Crippen LogP contribution in [0, 0.1) is 0 Å². The number of carbonyl (C=O) groups excluding carboxylic acids is 1.